The summed E-state index contributed by atoms with van der Waals surface area (Å²) in [5.74, 6) is 2.44. The molecule has 17 heavy (non-hydrogen) atoms. The zero-order valence-electron chi connectivity index (χ0n) is 10.1. The molecule has 1 unspecified atom stereocenters. The third-order valence-corrected chi connectivity index (χ3v) is 3.99. The van der Waals surface area contributed by atoms with Gasteiger partial charge in [-0.15, -0.1) is 0 Å². The number of thioether (sulfide) groups is 1. The molecule has 2 fully saturated rings. The average Bonchev–Trinajstić information content (AvgIpc) is 2.41. The van der Waals surface area contributed by atoms with Gasteiger partial charge < -0.3 is 15.4 Å². The number of morpholine rings is 1. The number of hydrogen-bond acceptors (Lipinski definition) is 5. The molecular formula is C11H21N3O2S. The molecule has 2 N–H and O–H groups in total. The van der Waals surface area contributed by atoms with Gasteiger partial charge in [0.05, 0.1) is 6.61 Å². The minimum Gasteiger partial charge on any atom is -0.366 e. The molecule has 0 aromatic heterocycles. The van der Waals surface area contributed by atoms with Crippen LogP contribution in [-0.2, 0) is 9.53 Å². The Labute approximate surface area is 107 Å². The Kier molecular flexibility index (Phi) is 5.57. The van der Waals surface area contributed by atoms with Crippen LogP contribution < -0.4 is 10.6 Å². The van der Waals surface area contributed by atoms with Gasteiger partial charge in [-0.3, -0.25) is 9.69 Å². The Morgan fingerprint density at radius 1 is 1.47 bits per heavy atom. The van der Waals surface area contributed by atoms with Crippen LogP contribution in [0.15, 0.2) is 0 Å². The number of rotatable bonds is 4. The molecule has 0 saturated carbocycles. The third-order valence-electron chi connectivity index (χ3n) is 3.05. The molecule has 2 heterocycles. The first-order valence-corrected chi connectivity index (χ1v) is 7.42. The molecule has 0 spiro atoms. The van der Waals surface area contributed by atoms with E-state index < -0.39 is 0 Å². The number of nitrogens with one attached hydrogen (secondary N) is 2. The zero-order valence-corrected chi connectivity index (χ0v) is 10.9. The van der Waals surface area contributed by atoms with Crippen molar-refractivity contribution < 1.29 is 9.53 Å². The first kappa shape index (κ1) is 13.1. The van der Waals surface area contributed by atoms with E-state index in [0.29, 0.717) is 13.2 Å². The normalized spacial score (nSPS) is 26.7. The second-order valence-corrected chi connectivity index (χ2v) is 5.53. The van der Waals surface area contributed by atoms with Crippen molar-refractivity contribution in [3.8, 4) is 0 Å². The van der Waals surface area contributed by atoms with E-state index in [9.17, 15) is 4.79 Å². The molecule has 0 radical (unpaired) electrons. The topological polar surface area (TPSA) is 53.6 Å². The van der Waals surface area contributed by atoms with Crippen molar-refractivity contribution in [3.63, 3.8) is 0 Å². The number of carbonyl (C=O) groups is 1. The highest BCUT2D eigenvalue weighted by Gasteiger charge is 2.21. The average molecular weight is 259 g/mol. The lowest BCUT2D eigenvalue weighted by molar-refractivity contribution is -0.134. The summed E-state index contributed by atoms with van der Waals surface area (Å²) in [4.78, 5) is 14.1. The lowest BCUT2D eigenvalue weighted by atomic mass is 10.3. The molecule has 0 aliphatic carbocycles. The Balaban J connectivity index is 1.58. The molecule has 1 atom stereocenters. The molecular weight excluding hydrogens is 238 g/mol. The molecule has 1 amide bonds. The summed E-state index contributed by atoms with van der Waals surface area (Å²) in [5, 5.41) is 6.10. The summed E-state index contributed by atoms with van der Waals surface area (Å²) >= 11 is 2.00. The molecule has 2 aliphatic heterocycles. The molecule has 5 nitrogen and oxygen atoms in total. The second-order valence-electron chi connectivity index (χ2n) is 4.31. The van der Waals surface area contributed by atoms with Gasteiger partial charge in [-0.1, -0.05) is 0 Å². The third kappa shape index (κ3) is 4.46. The van der Waals surface area contributed by atoms with E-state index in [4.69, 9.17) is 4.74 Å². The highest BCUT2D eigenvalue weighted by molar-refractivity contribution is 7.99. The Bertz CT molecular complexity index is 241. The van der Waals surface area contributed by atoms with Gasteiger partial charge in [0.1, 0.15) is 6.10 Å². The predicted octanol–water partition coefficient (Wildman–Crippen LogP) is -0.860. The fourth-order valence-corrected chi connectivity index (χ4v) is 2.99. The highest BCUT2D eigenvalue weighted by atomic mass is 32.2. The van der Waals surface area contributed by atoms with Crippen LogP contribution in [0.25, 0.3) is 0 Å². The van der Waals surface area contributed by atoms with Gasteiger partial charge in [-0.2, -0.15) is 11.8 Å². The Morgan fingerprint density at radius 2 is 2.29 bits per heavy atom. The summed E-state index contributed by atoms with van der Waals surface area (Å²) < 4.78 is 5.39. The molecule has 2 saturated heterocycles. The van der Waals surface area contributed by atoms with Crippen LogP contribution in [0.1, 0.15) is 0 Å². The molecule has 6 heteroatoms. The summed E-state index contributed by atoms with van der Waals surface area (Å²) in [5.41, 5.74) is 0. The maximum atomic E-state index is 11.7. The molecule has 0 bridgehead atoms. The van der Waals surface area contributed by atoms with Gasteiger partial charge in [-0.25, -0.2) is 0 Å². The fourth-order valence-electron chi connectivity index (χ4n) is 2.01. The van der Waals surface area contributed by atoms with Crippen molar-refractivity contribution in [1.82, 2.24) is 15.5 Å². The molecule has 2 rings (SSSR count). The van der Waals surface area contributed by atoms with Crippen molar-refractivity contribution in [3.05, 3.63) is 0 Å². The van der Waals surface area contributed by atoms with Crippen LogP contribution in [0.4, 0.5) is 0 Å². The standard InChI is InChI=1S/C11H21N3O2S/c15-11(10-9-12-2-6-16-10)13-1-3-14-4-7-17-8-5-14/h10,12H,1-9H2,(H,13,15). The van der Waals surface area contributed by atoms with E-state index in [1.165, 1.54) is 11.5 Å². The van der Waals surface area contributed by atoms with Gasteiger partial charge in [0.2, 0.25) is 0 Å². The number of amides is 1. The number of ether oxygens (including phenoxy) is 1. The summed E-state index contributed by atoms with van der Waals surface area (Å²) in [6.45, 7) is 6.06. The smallest absolute Gasteiger partial charge is 0.250 e. The van der Waals surface area contributed by atoms with E-state index in [-0.39, 0.29) is 12.0 Å². The van der Waals surface area contributed by atoms with Gasteiger partial charge in [0, 0.05) is 50.8 Å². The van der Waals surface area contributed by atoms with Crippen LogP contribution in [0, 0.1) is 0 Å². The summed E-state index contributed by atoms with van der Waals surface area (Å²) in [6, 6.07) is 0. The monoisotopic (exact) mass is 259 g/mol. The first-order chi connectivity index (χ1) is 8.36. The van der Waals surface area contributed by atoms with Crippen molar-refractivity contribution in [2.75, 3.05) is 57.4 Å². The van der Waals surface area contributed by atoms with Crippen LogP contribution in [0.5, 0.6) is 0 Å². The lowest BCUT2D eigenvalue weighted by Crippen LogP contribution is -2.49. The summed E-state index contributed by atoms with van der Waals surface area (Å²) in [6.07, 6.45) is -0.305. The Morgan fingerprint density at radius 3 is 3.00 bits per heavy atom. The predicted molar refractivity (Wildman–Crippen MR) is 69.4 cm³/mol. The zero-order chi connectivity index (χ0) is 11.9. The van der Waals surface area contributed by atoms with Gasteiger partial charge in [-0.05, 0) is 0 Å². The number of hydrogen-bond donors (Lipinski definition) is 2. The Hall–Kier alpha value is -0.300. The van der Waals surface area contributed by atoms with Crippen LogP contribution in [0.3, 0.4) is 0 Å². The maximum Gasteiger partial charge on any atom is 0.250 e. The van der Waals surface area contributed by atoms with Crippen LogP contribution >= 0.6 is 11.8 Å². The largest absolute Gasteiger partial charge is 0.366 e. The van der Waals surface area contributed by atoms with Crippen LogP contribution in [0.2, 0.25) is 0 Å². The first-order valence-electron chi connectivity index (χ1n) is 6.26. The quantitative estimate of drug-likeness (QED) is 0.688. The van der Waals surface area contributed by atoms with E-state index in [1.54, 1.807) is 0 Å². The fraction of sp³-hybridized carbons (Fsp3) is 0.909. The summed E-state index contributed by atoms with van der Waals surface area (Å²) in [7, 11) is 0. The minimum atomic E-state index is -0.305. The molecule has 0 aromatic rings. The molecule has 98 valence electrons. The second kappa shape index (κ2) is 7.20. The van der Waals surface area contributed by atoms with Crippen molar-refractivity contribution in [2.45, 2.75) is 6.10 Å². The lowest BCUT2D eigenvalue weighted by Gasteiger charge is -2.27. The molecule has 0 aromatic carbocycles. The van der Waals surface area contributed by atoms with Crippen molar-refractivity contribution >= 4 is 17.7 Å². The SMILES string of the molecule is O=C(NCCN1CCSCC1)C1CNCCO1. The van der Waals surface area contributed by atoms with Gasteiger partial charge >= 0.3 is 0 Å². The van der Waals surface area contributed by atoms with E-state index in [1.807, 2.05) is 11.8 Å². The van der Waals surface area contributed by atoms with Crippen molar-refractivity contribution in [1.29, 1.82) is 0 Å². The van der Waals surface area contributed by atoms with Gasteiger partial charge in [0.15, 0.2) is 0 Å². The van der Waals surface area contributed by atoms with E-state index in [2.05, 4.69) is 15.5 Å². The van der Waals surface area contributed by atoms with Gasteiger partial charge in [0.25, 0.3) is 5.91 Å². The highest BCUT2D eigenvalue weighted by Crippen LogP contribution is 2.07. The minimum absolute atomic E-state index is 0.0172. The van der Waals surface area contributed by atoms with E-state index >= 15 is 0 Å². The number of carbonyl (C=O) groups excluding carboxylic acids is 1. The van der Waals surface area contributed by atoms with Crippen LogP contribution in [-0.4, -0.2) is 74.3 Å². The van der Waals surface area contributed by atoms with Crippen molar-refractivity contribution in [2.24, 2.45) is 0 Å². The molecule has 2 aliphatic rings. The number of nitrogens with zero attached hydrogens (tertiary/aromatic N) is 1. The maximum absolute atomic E-state index is 11.7. The van der Waals surface area contributed by atoms with E-state index in [0.717, 1.165) is 32.7 Å².